The molecule has 0 saturated carbocycles. The van der Waals surface area contributed by atoms with Crippen molar-refractivity contribution in [3.05, 3.63) is 62.9 Å². The number of anilines is 1. The largest absolute Gasteiger partial charge is 0.454 e. The smallest absolute Gasteiger partial charge is 0.340 e. The van der Waals surface area contributed by atoms with Crippen molar-refractivity contribution in [2.75, 3.05) is 11.9 Å². The Balaban J connectivity index is 1.71. The van der Waals surface area contributed by atoms with Gasteiger partial charge < -0.3 is 10.1 Å². The number of nitrogens with one attached hydrogen (secondary N) is 1. The predicted molar refractivity (Wildman–Crippen MR) is 94.5 cm³/mol. The summed E-state index contributed by atoms with van der Waals surface area (Å²) in [5, 5.41) is 2.40. The Labute approximate surface area is 158 Å². The van der Waals surface area contributed by atoms with E-state index in [-0.39, 0.29) is 27.4 Å². The van der Waals surface area contributed by atoms with E-state index in [1.54, 1.807) is 19.1 Å². The summed E-state index contributed by atoms with van der Waals surface area (Å²) in [5.74, 6) is -2.73. The van der Waals surface area contributed by atoms with Crippen LogP contribution in [0.25, 0.3) is 0 Å². The van der Waals surface area contributed by atoms with Gasteiger partial charge in [-0.2, -0.15) is 0 Å². The molecular weight excluding hydrogens is 384 g/mol. The molecule has 0 aromatic heterocycles. The second-order valence-electron chi connectivity index (χ2n) is 5.76. The molecule has 0 saturated heterocycles. The number of amides is 1. The van der Waals surface area contributed by atoms with E-state index in [0.717, 1.165) is 12.1 Å². The van der Waals surface area contributed by atoms with Gasteiger partial charge in [-0.25, -0.2) is 9.18 Å². The topological polar surface area (TPSA) is 72.5 Å². The number of ketones is 1. The number of hydrogen-bond donors (Lipinski definition) is 1. The zero-order valence-corrected chi connectivity index (χ0v) is 14.9. The highest BCUT2D eigenvalue weighted by Gasteiger charge is 2.27. The molecule has 1 aliphatic heterocycles. The molecule has 0 spiro atoms. The number of carbonyl (C=O) groups excluding carboxylic acids is 3. The van der Waals surface area contributed by atoms with Crippen LogP contribution in [0.4, 0.5) is 10.1 Å². The number of Topliss-reactive ketones (excluding diaryl/α,β-unsaturated/α-hetero) is 1. The molecule has 1 N–H and O–H groups in total. The van der Waals surface area contributed by atoms with Gasteiger partial charge in [-0.05, 0) is 42.8 Å². The Morgan fingerprint density at radius 3 is 2.65 bits per heavy atom. The van der Waals surface area contributed by atoms with Crippen LogP contribution >= 0.6 is 23.2 Å². The van der Waals surface area contributed by atoms with E-state index in [0.29, 0.717) is 16.8 Å². The number of carbonyl (C=O) groups is 3. The van der Waals surface area contributed by atoms with Crippen LogP contribution in [0.1, 0.15) is 39.1 Å². The van der Waals surface area contributed by atoms with Gasteiger partial charge in [0.1, 0.15) is 5.82 Å². The van der Waals surface area contributed by atoms with E-state index in [1.807, 2.05) is 0 Å². The van der Waals surface area contributed by atoms with Crippen molar-refractivity contribution in [2.24, 2.45) is 0 Å². The fraction of sp³-hybridized carbons (Fsp3) is 0.167. The van der Waals surface area contributed by atoms with E-state index in [2.05, 4.69) is 5.32 Å². The standard InChI is InChI=1S/C18H12Cl2FNO4/c1-8-10-4-9(2-3-15(10)22-17(8)24)16(23)7-26-18(25)11-5-14(21)13(20)6-12(11)19/h2-6,8H,7H2,1H3,(H,22,24)/t8-/m1/s1. The lowest BCUT2D eigenvalue weighted by Crippen LogP contribution is -2.15. The minimum Gasteiger partial charge on any atom is -0.454 e. The van der Waals surface area contributed by atoms with Gasteiger partial charge >= 0.3 is 5.97 Å². The van der Waals surface area contributed by atoms with Gasteiger partial charge in [0.25, 0.3) is 0 Å². The monoisotopic (exact) mass is 395 g/mol. The van der Waals surface area contributed by atoms with Crippen LogP contribution < -0.4 is 5.32 Å². The van der Waals surface area contributed by atoms with Crippen molar-refractivity contribution in [1.29, 1.82) is 0 Å². The third-order valence-corrected chi connectivity index (χ3v) is 4.66. The first-order valence-electron chi connectivity index (χ1n) is 7.57. The number of ether oxygens (including phenoxy) is 1. The summed E-state index contributed by atoms with van der Waals surface area (Å²) in [5.41, 5.74) is 1.43. The minimum absolute atomic E-state index is 0.0789. The molecule has 26 heavy (non-hydrogen) atoms. The highest BCUT2D eigenvalue weighted by atomic mass is 35.5. The molecule has 1 aliphatic rings. The van der Waals surface area contributed by atoms with Gasteiger partial charge in [0.05, 0.1) is 21.5 Å². The molecule has 1 atom stereocenters. The second-order valence-corrected chi connectivity index (χ2v) is 6.57. The molecule has 3 rings (SSSR count). The van der Waals surface area contributed by atoms with Crippen molar-refractivity contribution in [3.63, 3.8) is 0 Å². The van der Waals surface area contributed by atoms with Crippen LogP contribution in [-0.2, 0) is 9.53 Å². The first kappa shape index (κ1) is 18.4. The van der Waals surface area contributed by atoms with Crippen molar-refractivity contribution in [2.45, 2.75) is 12.8 Å². The molecule has 2 aromatic rings. The summed E-state index contributed by atoms with van der Waals surface area (Å²) in [4.78, 5) is 35.9. The van der Waals surface area contributed by atoms with Crippen molar-refractivity contribution in [1.82, 2.24) is 0 Å². The third kappa shape index (κ3) is 3.43. The second kappa shape index (κ2) is 7.05. The average Bonchev–Trinajstić information content (AvgIpc) is 2.89. The Bertz CT molecular complexity index is 945. The van der Waals surface area contributed by atoms with Crippen LogP contribution in [0.15, 0.2) is 30.3 Å². The van der Waals surface area contributed by atoms with Gasteiger partial charge in [-0.3, -0.25) is 9.59 Å². The number of fused-ring (bicyclic) bond motifs is 1. The lowest BCUT2D eigenvalue weighted by Gasteiger charge is -2.08. The van der Waals surface area contributed by atoms with Crippen LogP contribution in [0.5, 0.6) is 0 Å². The van der Waals surface area contributed by atoms with Crippen molar-refractivity contribution < 1.29 is 23.5 Å². The number of rotatable bonds is 4. The van der Waals surface area contributed by atoms with Crippen molar-refractivity contribution >= 4 is 46.5 Å². The molecule has 0 unspecified atom stereocenters. The minimum atomic E-state index is -0.940. The maximum absolute atomic E-state index is 13.5. The Morgan fingerprint density at radius 1 is 1.19 bits per heavy atom. The van der Waals surface area contributed by atoms with E-state index in [9.17, 15) is 18.8 Å². The highest BCUT2D eigenvalue weighted by Crippen LogP contribution is 2.32. The maximum atomic E-state index is 13.5. The van der Waals surface area contributed by atoms with Crippen LogP contribution in [0, 0.1) is 5.82 Å². The molecule has 0 fully saturated rings. The van der Waals surface area contributed by atoms with Crippen molar-refractivity contribution in [3.8, 4) is 0 Å². The molecule has 1 heterocycles. The summed E-state index contributed by atoms with van der Waals surface area (Å²) in [7, 11) is 0. The number of halogens is 3. The molecule has 0 bridgehead atoms. The number of hydrogen-bond acceptors (Lipinski definition) is 4. The fourth-order valence-electron chi connectivity index (χ4n) is 2.56. The molecule has 0 radical (unpaired) electrons. The average molecular weight is 396 g/mol. The summed E-state index contributed by atoms with van der Waals surface area (Å²) in [6.45, 7) is 1.18. The van der Waals surface area contributed by atoms with E-state index < -0.39 is 24.2 Å². The normalized spacial score (nSPS) is 15.4. The van der Waals surface area contributed by atoms with Gasteiger partial charge in [0.15, 0.2) is 12.4 Å². The molecule has 8 heteroatoms. The van der Waals surface area contributed by atoms with E-state index in [4.69, 9.17) is 27.9 Å². The summed E-state index contributed by atoms with van der Waals surface area (Å²) in [6, 6.07) is 6.68. The zero-order valence-electron chi connectivity index (χ0n) is 13.4. The van der Waals surface area contributed by atoms with Crippen LogP contribution in [-0.4, -0.2) is 24.3 Å². The quantitative estimate of drug-likeness (QED) is 0.477. The molecule has 1 amide bonds. The summed E-state index contributed by atoms with van der Waals surface area (Å²) in [6.07, 6.45) is 0. The molecular formula is C18H12Cl2FNO4. The van der Waals surface area contributed by atoms with E-state index >= 15 is 0 Å². The highest BCUT2D eigenvalue weighted by molar-refractivity contribution is 6.36. The molecule has 5 nitrogen and oxygen atoms in total. The zero-order chi connectivity index (χ0) is 19.0. The SMILES string of the molecule is C[C@H]1C(=O)Nc2ccc(C(=O)COC(=O)c3cc(F)c(Cl)cc3Cl)cc21. The van der Waals surface area contributed by atoms with Gasteiger partial charge in [0, 0.05) is 11.3 Å². The van der Waals surface area contributed by atoms with E-state index in [1.165, 1.54) is 6.07 Å². The Kier molecular flexibility index (Phi) is 4.98. The number of esters is 1. The lowest BCUT2D eigenvalue weighted by atomic mass is 9.99. The maximum Gasteiger partial charge on any atom is 0.340 e. The predicted octanol–water partition coefficient (Wildman–Crippen LogP) is 4.23. The van der Waals surface area contributed by atoms with Gasteiger partial charge in [-0.15, -0.1) is 0 Å². The molecule has 0 aliphatic carbocycles. The lowest BCUT2D eigenvalue weighted by molar-refractivity contribution is -0.116. The fourth-order valence-corrected chi connectivity index (χ4v) is 3.02. The van der Waals surface area contributed by atoms with Crippen LogP contribution in [0.3, 0.4) is 0 Å². The first-order chi connectivity index (χ1) is 12.3. The third-order valence-electron chi connectivity index (χ3n) is 4.06. The molecule has 2 aromatic carbocycles. The molecule has 134 valence electrons. The van der Waals surface area contributed by atoms with Crippen LogP contribution in [0.2, 0.25) is 10.0 Å². The Hall–Kier alpha value is -2.44. The van der Waals surface area contributed by atoms with Gasteiger partial charge in [0.2, 0.25) is 5.91 Å². The Morgan fingerprint density at radius 2 is 1.92 bits per heavy atom. The summed E-state index contributed by atoms with van der Waals surface area (Å²) < 4.78 is 18.4. The summed E-state index contributed by atoms with van der Waals surface area (Å²) >= 11 is 11.4. The van der Waals surface area contributed by atoms with Gasteiger partial charge in [-0.1, -0.05) is 23.2 Å². The first-order valence-corrected chi connectivity index (χ1v) is 8.33. The number of benzene rings is 2.